The summed E-state index contributed by atoms with van der Waals surface area (Å²) < 4.78 is 0. The summed E-state index contributed by atoms with van der Waals surface area (Å²) >= 11 is 0. The Labute approximate surface area is 86.1 Å². The number of aliphatic hydroxyl groups is 2. The zero-order valence-electron chi connectivity index (χ0n) is 9.04. The number of carbonyl (C=O) groups excluding carboxylic acids is 1. The zero-order valence-corrected chi connectivity index (χ0v) is 9.04. The fourth-order valence-electron chi connectivity index (χ4n) is 1.34. The van der Waals surface area contributed by atoms with E-state index in [2.05, 4.69) is 6.92 Å². The third-order valence-corrected chi connectivity index (χ3v) is 2.24. The molecule has 3 nitrogen and oxygen atoms in total. The summed E-state index contributed by atoms with van der Waals surface area (Å²) in [5, 5.41) is 17.1. The minimum Gasteiger partial charge on any atom is -0.368 e. The van der Waals surface area contributed by atoms with Gasteiger partial charge in [-0.1, -0.05) is 32.6 Å². The number of ketones is 1. The molecule has 0 aromatic rings. The Kier molecular flexibility index (Phi) is 8.89. The van der Waals surface area contributed by atoms with Gasteiger partial charge in [-0.2, -0.15) is 0 Å². The van der Waals surface area contributed by atoms with Crippen LogP contribution in [0.25, 0.3) is 0 Å². The standard InChI is InChI=1S/C11H22O3/c1-2-3-4-5-6-7-10(12)8-9-11(13)14/h11,13-14H,2-9H2,1H3. The molecule has 0 saturated heterocycles. The molecule has 0 radical (unpaired) electrons. The Morgan fingerprint density at radius 2 is 1.71 bits per heavy atom. The maximum Gasteiger partial charge on any atom is 0.151 e. The van der Waals surface area contributed by atoms with Crippen LogP contribution >= 0.6 is 0 Å². The Morgan fingerprint density at radius 3 is 2.29 bits per heavy atom. The lowest BCUT2D eigenvalue weighted by Gasteiger charge is -2.02. The van der Waals surface area contributed by atoms with E-state index >= 15 is 0 Å². The van der Waals surface area contributed by atoms with Crippen LogP contribution in [0, 0.1) is 0 Å². The van der Waals surface area contributed by atoms with Gasteiger partial charge in [0, 0.05) is 19.3 Å². The first-order chi connectivity index (χ1) is 6.66. The van der Waals surface area contributed by atoms with Gasteiger partial charge in [0.2, 0.25) is 0 Å². The molecule has 0 atom stereocenters. The van der Waals surface area contributed by atoms with Gasteiger partial charge in [-0.25, -0.2) is 0 Å². The summed E-state index contributed by atoms with van der Waals surface area (Å²) in [6, 6.07) is 0. The van der Waals surface area contributed by atoms with Gasteiger partial charge in [-0.05, 0) is 6.42 Å². The summed E-state index contributed by atoms with van der Waals surface area (Å²) in [5.74, 6) is 0.148. The van der Waals surface area contributed by atoms with E-state index in [4.69, 9.17) is 10.2 Å². The second-order valence-corrected chi connectivity index (χ2v) is 3.72. The molecule has 0 unspecified atom stereocenters. The molecule has 0 fully saturated rings. The molecule has 0 heterocycles. The Morgan fingerprint density at radius 1 is 1.07 bits per heavy atom. The smallest absolute Gasteiger partial charge is 0.151 e. The Balaban J connectivity index is 3.18. The predicted molar refractivity (Wildman–Crippen MR) is 55.8 cm³/mol. The average Bonchev–Trinajstić information content (AvgIpc) is 2.14. The number of hydrogen-bond acceptors (Lipinski definition) is 3. The molecule has 0 saturated carbocycles. The van der Waals surface area contributed by atoms with E-state index in [9.17, 15) is 4.79 Å². The van der Waals surface area contributed by atoms with Crippen molar-refractivity contribution in [3.05, 3.63) is 0 Å². The molecule has 0 amide bonds. The quantitative estimate of drug-likeness (QED) is 0.444. The fourth-order valence-corrected chi connectivity index (χ4v) is 1.34. The van der Waals surface area contributed by atoms with Crippen LogP contribution in [0.3, 0.4) is 0 Å². The molecule has 0 aromatic heterocycles. The third-order valence-electron chi connectivity index (χ3n) is 2.24. The van der Waals surface area contributed by atoms with Crippen molar-refractivity contribution in [2.75, 3.05) is 0 Å². The van der Waals surface area contributed by atoms with Gasteiger partial charge in [0.25, 0.3) is 0 Å². The second-order valence-electron chi connectivity index (χ2n) is 3.72. The minimum absolute atomic E-state index is 0.148. The van der Waals surface area contributed by atoms with E-state index in [0.717, 1.165) is 12.8 Å². The van der Waals surface area contributed by atoms with Crippen molar-refractivity contribution in [3.63, 3.8) is 0 Å². The number of rotatable bonds is 9. The Hall–Kier alpha value is -0.410. The van der Waals surface area contributed by atoms with Crippen LogP contribution in [0.2, 0.25) is 0 Å². The van der Waals surface area contributed by atoms with Crippen molar-refractivity contribution in [3.8, 4) is 0 Å². The molecule has 0 rings (SSSR count). The van der Waals surface area contributed by atoms with Crippen molar-refractivity contribution in [2.24, 2.45) is 0 Å². The van der Waals surface area contributed by atoms with Crippen LogP contribution < -0.4 is 0 Å². The lowest BCUT2D eigenvalue weighted by Crippen LogP contribution is -2.08. The van der Waals surface area contributed by atoms with Crippen LogP contribution in [0.1, 0.15) is 58.3 Å². The molecular formula is C11H22O3. The Bertz CT molecular complexity index is 143. The van der Waals surface area contributed by atoms with Gasteiger partial charge in [0.1, 0.15) is 5.78 Å². The largest absolute Gasteiger partial charge is 0.368 e. The normalized spacial score (nSPS) is 10.9. The fraction of sp³-hybridized carbons (Fsp3) is 0.909. The first kappa shape index (κ1) is 13.6. The van der Waals surface area contributed by atoms with Crippen LogP contribution in [0.5, 0.6) is 0 Å². The van der Waals surface area contributed by atoms with Gasteiger partial charge in [0.15, 0.2) is 6.29 Å². The van der Waals surface area contributed by atoms with Crippen molar-refractivity contribution < 1.29 is 15.0 Å². The molecule has 14 heavy (non-hydrogen) atoms. The highest BCUT2D eigenvalue weighted by atomic mass is 16.5. The SMILES string of the molecule is CCCCCCCC(=O)CCC(O)O. The van der Waals surface area contributed by atoms with Gasteiger partial charge in [-0.3, -0.25) is 4.79 Å². The average molecular weight is 202 g/mol. The van der Waals surface area contributed by atoms with Gasteiger partial charge in [0.05, 0.1) is 0 Å². The van der Waals surface area contributed by atoms with E-state index in [-0.39, 0.29) is 12.2 Å². The molecule has 84 valence electrons. The lowest BCUT2D eigenvalue weighted by molar-refractivity contribution is -0.121. The van der Waals surface area contributed by atoms with Crippen LogP contribution in [0.15, 0.2) is 0 Å². The highest BCUT2D eigenvalue weighted by Gasteiger charge is 2.04. The topological polar surface area (TPSA) is 57.5 Å². The molecule has 0 aliphatic carbocycles. The van der Waals surface area contributed by atoms with Crippen molar-refractivity contribution in [1.82, 2.24) is 0 Å². The number of unbranched alkanes of at least 4 members (excludes halogenated alkanes) is 4. The number of aliphatic hydroxyl groups excluding tert-OH is 1. The highest BCUT2D eigenvalue weighted by molar-refractivity contribution is 5.78. The molecule has 0 aromatic carbocycles. The molecule has 3 heteroatoms. The highest BCUT2D eigenvalue weighted by Crippen LogP contribution is 2.07. The second kappa shape index (κ2) is 9.16. The zero-order chi connectivity index (χ0) is 10.8. The van der Waals surface area contributed by atoms with E-state index in [1.165, 1.54) is 19.3 Å². The monoisotopic (exact) mass is 202 g/mol. The molecule has 0 spiro atoms. The summed E-state index contributed by atoms with van der Waals surface area (Å²) in [7, 11) is 0. The number of carbonyl (C=O) groups is 1. The maximum atomic E-state index is 11.2. The van der Waals surface area contributed by atoms with Gasteiger partial charge < -0.3 is 10.2 Å². The van der Waals surface area contributed by atoms with Gasteiger partial charge in [-0.15, -0.1) is 0 Å². The first-order valence-electron chi connectivity index (χ1n) is 5.54. The van der Waals surface area contributed by atoms with E-state index in [0.29, 0.717) is 12.8 Å². The van der Waals surface area contributed by atoms with Crippen LogP contribution in [-0.2, 0) is 4.79 Å². The third kappa shape index (κ3) is 9.68. The van der Waals surface area contributed by atoms with Crippen molar-refractivity contribution >= 4 is 5.78 Å². The summed E-state index contributed by atoms with van der Waals surface area (Å²) in [6.45, 7) is 2.16. The van der Waals surface area contributed by atoms with Crippen LogP contribution in [0.4, 0.5) is 0 Å². The first-order valence-corrected chi connectivity index (χ1v) is 5.54. The summed E-state index contributed by atoms with van der Waals surface area (Å²) in [4.78, 5) is 11.2. The molecule has 0 bridgehead atoms. The number of Topliss-reactive ketones (excluding diaryl/α,β-unsaturated/α-hetero) is 1. The minimum atomic E-state index is -1.33. The van der Waals surface area contributed by atoms with Crippen molar-refractivity contribution in [2.45, 2.75) is 64.6 Å². The maximum absolute atomic E-state index is 11.2. The summed E-state index contributed by atoms with van der Waals surface area (Å²) in [5.41, 5.74) is 0. The predicted octanol–water partition coefficient (Wildman–Crippen LogP) is 2.01. The van der Waals surface area contributed by atoms with Crippen molar-refractivity contribution in [1.29, 1.82) is 0 Å². The molecule has 0 aliphatic heterocycles. The lowest BCUT2D eigenvalue weighted by atomic mass is 10.1. The number of hydrogen-bond donors (Lipinski definition) is 2. The van der Waals surface area contributed by atoms with Crippen LogP contribution in [-0.4, -0.2) is 22.3 Å². The summed E-state index contributed by atoms with van der Waals surface area (Å²) in [6.07, 6.45) is 5.44. The van der Waals surface area contributed by atoms with E-state index in [1.54, 1.807) is 0 Å². The molecule has 0 aliphatic rings. The molecular weight excluding hydrogens is 180 g/mol. The van der Waals surface area contributed by atoms with E-state index in [1.807, 2.05) is 0 Å². The van der Waals surface area contributed by atoms with Gasteiger partial charge >= 0.3 is 0 Å². The van der Waals surface area contributed by atoms with E-state index < -0.39 is 6.29 Å². The molecule has 2 N–H and O–H groups in total.